The second-order valence-electron chi connectivity index (χ2n) is 6.30. The van der Waals surface area contributed by atoms with Crippen LogP contribution in [0.25, 0.3) is 6.08 Å². The number of amides is 2. The van der Waals surface area contributed by atoms with Gasteiger partial charge in [0, 0.05) is 23.2 Å². The van der Waals surface area contributed by atoms with Crippen molar-refractivity contribution in [3.8, 4) is 17.2 Å². The van der Waals surface area contributed by atoms with Gasteiger partial charge in [0.2, 0.25) is 11.8 Å². The molecule has 0 aliphatic rings. The lowest BCUT2D eigenvalue weighted by Crippen LogP contribution is -2.45. The second kappa shape index (κ2) is 8.96. The molecule has 0 bridgehead atoms. The number of carbonyl (C=O) groups excluding carboxylic acids is 2. The number of benzene rings is 1. The Hall–Kier alpha value is -2.70. The first-order chi connectivity index (χ1) is 11.7. The fourth-order valence-corrected chi connectivity index (χ4v) is 2.04. The maximum absolute atomic E-state index is 11.9. The molecule has 0 saturated carbocycles. The summed E-state index contributed by atoms with van der Waals surface area (Å²) in [5.41, 5.74) is 0.305. The number of rotatable bonds is 7. The van der Waals surface area contributed by atoms with Gasteiger partial charge >= 0.3 is 0 Å². The van der Waals surface area contributed by atoms with Crippen LogP contribution in [0.2, 0.25) is 0 Å². The Morgan fingerprint density at radius 1 is 1.00 bits per heavy atom. The summed E-state index contributed by atoms with van der Waals surface area (Å²) in [7, 11) is 4.58. The number of methoxy groups -OCH3 is 3. The molecule has 0 heterocycles. The minimum Gasteiger partial charge on any atom is -0.496 e. The number of hydrogen-bond acceptors (Lipinski definition) is 5. The summed E-state index contributed by atoms with van der Waals surface area (Å²) >= 11 is 0. The zero-order valence-corrected chi connectivity index (χ0v) is 15.6. The van der Waals surface area contributed by atoms with E-state index < -0.39 is 0 Å². The van der Waals surface area contributed by atoms with Crippen molar-refractivity contribution in [3.63, 3.8) is 0 Å². The van der Waals surface area contributed by atoms with E-state index in [9.17, 15) is 9.59 Å². The van der Waals surface area contributed by atoms with E-state index in [2.05, 4.69) is 10.6 Å². The Morgan fingerprint density at radius 2 is 1.56 bits per heavy atom. The van der Waals surface area contributed by atoms with Gasteiger partial charge in [-0.2, -0.15) is 0 Å². The topological polar surface area (TPSA) is 85.9 Å². The van der Waals surface area contributed by atoms with E-state index in [1.807, 2.05) is 20.8 Å². The molecule has 0 saturated heterocycles. The zero-order chi connectivity index (χ0) is 19.0. The first-order valence-electron chi connectivity index (χ1n) is 7.77. The molecule has 1 aromatic rings. The van der Waals surface area contributed by atoms with Crippen molar-refractivity contribution in [2.45, 2.75) is 26.3 Å². The van der Waals surface area contributed by atoms with Gasteiger partial charge < -0.3 is 24.8 Å². The van der Waals surface area contributed by atoms with Crippen LogP contribution in [0.15, 0.2) is 18.2 Å². The van der Waals surface area contributed by atoms with Gasteiger partial charge in [-0.1, -0.05) is 0 Å². The van der Waals surface area contributed by atoms with Crippen LogP contribution in [0.1, 0.15) is 26.3 Å². The number of nitrogens with one attached hydrogen (secondary N) is 2. The summed E-state index contributed by atoms with van der Waals surface area (Å²) in [5.74, 6) is 0.943. The fourth-order valence-electron chi connectivity index (χ4n) is 2.04. The molecule has 2 N–H and O–H groups in total. The Kier molecular flexibility index (Phi) is 7.29. The maximum atomic E-state index is 11.9. The lowest BCUT2D eigenvalue weighted by atomic mass is 10.1. The van der Waals surface area contributed by atoms with Gasteiger partial charge in [0.05, 0.1) is 27.9 Å². The smallest absolute Gasteiger partial charge is 0.244 e. The molecular formula is C18H26N2O5. The van der Waals surface area contributed by atoms with Gasteiger partial charge in [-0.25, -0.2) is 0 Å². The van der Waals surface area contributed by atoms with E-state index in [0.29, 0.717) is 22.8 Å². The lowest BCUT2D eigenvalue weighted by molar-refractivity contribution is -0.124. The molecule has 25 heavy (non-hydrogen) atoms. The molecule has 2 amide bonds. The van der Waals surface area contributed by atoms with Gasteiger partial charge in [0.15, 0.2) is 11.5 Å². The fraction of sp³-hybridized carbons (Fsp3) is 0.444. The Bertz CT molecular complexity index is 648. The quantitative estimate of drug-likeness (QED) is 0.732. The van der Waals surface area contributed by atoms with Gasteiger partial charge in [-0.15, -0.1) is 0 Å². The van der Waals surface area contributed by atoms with Gasteiger partial charge in [-0.05, 0) is 32.9 Å². The summed E-state index contributed by atoms with van der Waals surface area (Å²) in [4.78, 5) is 23.6. The number of carbonyl (C=O) groups is 2. The lowest BCUT2D eigenvalue weighted by Gasteiger charge is -2.20. The van der Waals surface area contributed by atoms with Crippen molar-refractivity contribution < 1.29 is 23.8 Å². The predicted octanol–water partition coefficient (Wildman–Crippen LogP) is 1.76. The van der Waals surface area contributed by atoms with E-state index in [4.69, 9.17) is 14.2 Å². The van der Waals surface area contributed by atoms with Crippen LogP contribution in [0.4, 0.5) is 0 Å². The van der Waals surface area contributed by atoms with Crippen LogP contribution in [0.3, 0.4) is 0 Å². The molecule has 0 atom stereocenters. The minimum atomic E-state index is -0.388. The van der Waals surface area contributed by atoms with Gasteiger partial charge in [-0.3, -0.25) is 9.59 Å². The first-order valence-corrected chi connectivity index (χ1v) is 7.77. The average Bonchev–Trinajstić information content (AvgIpc) is 2.55. The molecule has 0 unspecified atom stereocenters. The van der Waals surface area contributed by atoms with Crippen molar-refractivity contribution in [2.75, 3.05) is 27.9 Å². The first kappa shape index (κ1) is 20.3. The SMILES string of the molecule is COc1cc(OC)c(OC)cc1C=CC(=O)NCC(=O)NC(C)(C)C. The standard InChI is InChI=1S/C18H26N2O5/c1-18(2,3)20-17(22)11-19-16(21)8-7-12-9-14(24-5)15(25-6)10-13(12)23-4/h7-10H,11H2,1-6H3,(H,19,21)(H,20,22). The summed E-state index contributed by atoms with van der Waals surface area (Å²) in [6.07, 6.45) is 2.91. The Labute approximate surface area is 148 Å². The summed E-state index contributed by atoms with van der Waals surface area (Å²) in [6.45, 7) is 5.52. The largest absolute Gasteiger partial charge is 0.496 e. The molecule has 0 aliphatic heterocycles. The Balaban J connectivity index is 2.77. The summed E-state index contributed by atoms with van der Waals surface area (Å²) in [6, 6.07) is 3.38. The van der Waals surface area contributed by atoms with Crippen LogP contribution in [0, 0.1) is 0 Å². The highest BCUT2D eigenvalue weighted by Crippen LogP contribution is 2.35. The van der Waals surface area contributed by atoms with Crippen molar-refractivity contribution in [3.05, 3.63) is 23.8 Å². The van der Waals surface area contributed by atoms with Crippen LogP contribution in [0.5, 0.6) is 17.2 Å². The molecule has 0 aliphatic carbocycles. The van der Waals surface area contributed by atoms with E-state index in [0.717, 1.165) is 0 Å². The van der Waals surface area contributed by atoms with E-state index in [1.165, 1.54) is 27.4 Å². The molecule has 7 nitrogen and oxygen atoms in total. The Morgan fingerprint density at radius 3 is 2.08 bits per heavy atom. The summed E-state index contributed by atoms with van der Waals surface area (Å²) in [5, 5.41) is 5.30. The van der Waals surface area contributed by atoms with Crippen LogP contribution in [-0.4, -0.2) is 45.2 Å². The van der Waals surface area contributed by atoms with Crippen molar-refractivity contribution >= 4 is 17.9 Å². The third-order valence-corrected chi connectivity index (χ3v) is 3.09. The molecular weight excluding hydrogens is 324 g/mol. The molecule has 7 heteroatoms. The van der Waals surface area contributed by atoms with E-state index >= 15 is 0 Å². The highest BCUT2D eigenvalue weighted by molar-refractivity contribution is 5.94. The maximum Gasteiger partial charge on any atom is 0.244 e. The highest BCUT2D eigenvalue weighted by Gasteiger charge is 2.14. The highest BCUT2D eigenvalue weighted by atomic mass is 16.5. The van der Waals surface area contributed by atoms with Crippen molar-refractivity contribution in [2.24, 2.45) is 0 Å². The molecule has 1 aromatic carbocycles. The summed E-state index contributed by atoms with van der Waals surface area (Å²) < 4.78 is 15.7. The third kappa shape index (κ3) is 6.74. The second-order valence-corrected chi connectivity index (χ2v) is 6.30. The molecule has 0 radical (unpaired) electrons. The van der Waals surface area contributed by atoms with Gasteiger partial charge in [0.25, 0.3) is 0 Å². The van der Waals surface area contributed by atoms with Crippen molar-refractivity contribution in [1.82, 2.24) is 10.6 Å². The van der Waals surface area contributed by atoms with Crippen LogP contribution >= 0.6 is 0 Å². The predicted molar refractivity (Wildman–Crippen MR) is 96.0 cm³/mol. The van der Waals surface area contributed by atoms with E-state index in [1.54, 1.807) is 18.2 Å². The number of hydrogen-bond donors (Lipinski definition) is 2. The molecule has 0 aromatic heterocycles. The molecule has 1 rings (SSSR count). The monoisotopic (exact) mass is 350 g/mol. The molecule has 0 spiro atoms. The molecule has 0 fully saturated rings. The molecule has 138 valence electrons. The average molecular weight is 350 g/mol. The minimum absolute atomic E-state index is 0.0937. The van der Waals surface area contributed by atoms with Crippen molar-refractivity contribution in [1.29, 1.82) is 0 Å². The zero-order valence-electron chi connectivity index (χ0n) is 15.6. The van der Waals surface area contributed by atoms with Crippen LogP contribution < -0.4 is 24.8 Å². The van der Waals surface area contributed by atoms with Crippen LogP contribution in [-0.2, 0) is 9.59 Å². The van der Waals surface area contributed by atoms with E-state index in [-0.39, 0.29) is 23.9 Å². The normalized spacial score (nSPS) is 11.1. The van der Waals surface area contributed by atoms with Gasteiger partial charge in [0.1, 0.15) is 5.75 Å². The number of ether oxygens (including phenoxy) is 3. The third-order valence-electron chi connectivity index (χ3n) is 3.09.